The Labute approximate surface area is 103 Å². The quantitative estimate of drug-likeness (QED) is 0.752. The van der Waals surface area contributed by atoms with Gasteiger partial charge in [-0.1, -0.05) is 19.6 Å². The maximum Gasteiger partial charge on any atom is 0.331 e. The zero-order chi connectivity index (χ0) is 13.4. The van der Waals surface area contributed by atoms with Gasteiger partial charge in [0.05, 0.1) is 8.07 Å². The molecule has 96 valence electrons. The summed E-state index contributed by atoms with van der Waals surface area (Å²) in [7, 11) is -1.73. The number of nitrogens with zero attached hydrogens (tertiary/aromatic N) is 2. The van der Waals surface area contributed by atoms with Crippen LogP contribution in [0.2, 0.25) is 19.6 Å². The second-order valence-corrected chi connectivity index (χ2v) is 10.3. The molecular weight excluding hydrogens is 232 g/mol. The molecule has 4 nitrogen and oxygen atoms in total. The van der Waals surface area contributed by atoms with Crippen LogP contribution in [0.4, 0.5) is 0 Å². The van der Waals surface area contributed by atoms with Crippen molar-refractivity contribution >= 4 is 13.3 Å². The highest BCUT2D eigenvalue weighted by Gasteiger charge is 2.26. The summed E-state index contributed by atoms with van der Waals surface area (Å²) >= 11 is 0. The van der Waals surface area contributed by atoms with Gasteiger partial charge in [0.15, 0.2) is 0 Å². The summed E-state index contributed by atoms with van der Waals surface area (Å²) in [4.78, 5) is 24.4. The summed E-state index contributed by atoms with van der Waals surface area (Å²) in [5, 5.41) is 0.876. The van der Waals surface area contributed by atoms with Crippen LogP contribution in [0.15, 0.2) is 9.59 Å². The molecule has 0 saturated carbocycles. The van der Waals surface area contributed by atoms with Gasteiger partial charge in [0.2, 0.25) is 0 Å². The molecule has 0 amide bonds. The van der Waals surface area contributed by atoms with Crippen LogP contribution < -0.4 is 16.4 Å². The van der Waals surface area contributed by atoms with Crippen molar-refractivity contribution in [2.24, 2.45) is 0 Å². The standard InChI is InChI=1S/C12H22N2O2Si/c1-7-13-9(3)10(17(4,5)6)11(15)14(8-2)12(13)16/h7-8H2,1-6H3. The van der Waals surface area contributed by atoms with Gasteiger partial charge in [0, 0.05) is 24.0 Å². The molecule has 0 fully saturated rings. The van der Waals surface area contributed by atoms with Crippen LogP contribution in [0.1, 0.15) is 19.5 Å². The van der Waals surface area contributed by atoms with Crippen molar-refractivity contribution in [2.45, 2.75) is 53.5 Å². The average molecular weight is 254 g/mol. The summed E-state index contributed by atoms with van der Waals surface area (Å²) in [5.41, 5.74) is 0.588. The Hall–Kier alpha value is -1.10. The Bertz CT molecular complexity index is 535. The summed E-state index contributed by atoms with van der Waals surface area (Å²) in [6, 6.07) is 0. The first-order chi connectivity index (χ1) is 7.75. The van der Waals surface area contributed by atoms with Crippen LogP contribution in [-0.4, -0.2) is 17.2 Å². The van der Waals surface area contributed by atoms with Gasteiger partial charge in [-0.3, -0.25) is 13.9 Å². The van der Waals surface area contributed by atoms with E-state index in [1.807, 2.05) is 20.8 Å². The fourth-order valence-corrected chi connectivity index (χ4v) is 4.31. The molecule has 0 bridgehead atoms. The van der Waals surface area contributed by atoms with Gasteiger partial charge in [-0.25, -0.2) is 4.79 Å². The monoisotopic (exact) mass is 254 g/mol. The van der Waals surface area contributed by atoms with E-state index >= 15 is 0 Å². The topological polar surface area (TPSA) is 44.0 Å². The van der Waals surface area contributed by atoms with Crippen molar-refractivity contribution < 1.29 is 0 Å². The highest BCUT2D eigenvalue weighted by molar-refractivity contribution is 6.88. The highest BCUT2D eigenvalue weighted by atomic mass is 28.3. The van der Waals surface area contributed by atoms with E-state index in [4.69, 9.17) is 0 Å². The van der Waals surface area contributed by atoms with Crippen LogP contribution >= 0.6 is 0 Å². The van der Waals surface area contributed by atoms with Crippen LogP contribution in [0.3, 0.4) is 0 Å². The lowest BCUT2D eigenvalue weighted by Crippen LogP contribution is -2.58. The molecule has 5 heteroatoms. The fraction of sp³-hybridized carbons (Fsp3) is 0.667. The van der Waals surface area contributed by atoms with Crippen LogP contribution in [0.5, 0.6) is 0 Å². The van der Waals surface area contributed by atoms with E-state index in [-0.39, 0.29) is 11.2 Å². The maximum atomic E-state index is 12.3. The molecule has 1 heterocycles. The van der Waals surface area contributed by atoms with E-state index < -0.39 is 8.07 Å². The molecule has 0 N–H and O–H groups in total. The minimum Gasteiger partial charge on any atom is -0.298 e. The smallest absolute Gasteiger partial charge is 0.298 e. The predicted octanol–water partition coefficient (Wildman–Crippen LogP) is 0.903. The molecule has 17 heavy (non-hydrogen) atoms. The predicted molar refractivity (Wildman–Crippen MR) is 74.0 cm³/mol. The molecule has 0 aromatic carbocycles. The first-order valence-electron chi connectivity index (χ1n) is 6.10. The fourth-order valence-electron chi connectivity index (χ4n) is 2.32. The lowest BCUT2D eigenvalue weighted by molar-refractivity contribution is 0.580. The first-order valence-corrected chi connectivity index (χ1v) is 9.60. The molecule has 0 radical (unpaired) electrons. The molecule has 0 atom stereocenters. The van der Waals surface area contributed by atoms with Gasteiger partial charge in [-0.15, -0.1) is 0 Å². The van der Waals surface area contributed by atoms with Gasteiger partial charge >= 0.3 is 5.69 Å². The van der Waals surface area contributed by atoms with E-state index in [9.17, 15) is 9.59 Å². The van der Waals surface area contributed by atoms with Gasteiger partial charge in [0.1, 0.15) is 0 Å². The number of aromatic nitrogens is 2. The molecule has 1 aromatic rings. The molecule has 1 aromatic heterocycles. The second kappa shape index (κ2) is 4.64. The summed E-state index contributed by atoms with van der Waals surface area (Å²) in [6.07, 6.45) is 0. The third-order valence-electron chi connectivity index (χ3n) is 3.07. The Balaban J connectivity index is 3.86. The molecule has 0 aliphatic rings. The zero-order valence-corrected chi connectivity index (χ0v) is 12.6. The summed E-state index contributed by atoms with van der Waals surface area (Å²) in [5.74, 6) is 0. The van der Waals surface area contributed by atoms with Crippen LogP contribution in [0, 0.1) is 6.92 Å². The van der Waals surface area contributed by atoms with Gasteiger partial charge in [-0.05, 0) is 20.8 Å². The summed E-state index contributed by atoms with van der Waals surface area (Å²) < 4.78 is 3.06. The molecular formula is C12H22N2O2Si. The lowest BCUT2D eigenvalue weighted by Gasteiger charge is -2.22. The highest BCUT2D eigenvalue weighted by Crippen LogP contribution is 2.02. The Morgan fingerprint density at radius 1 is 1.00 bits per heavy atom. The van der Waals surface area contributed by atoms with E-state index in [2.05, 4.69) is 19.6 Å². The molecule has 0 saturated heterocycles. The Kier molecular flexibility index (Phi) is 3.81. The van der Waals surface area contributed by atoms with Crippen molar-refractivity contribution in [3.8, 4) is 0 Å². The van der Waals surface area contributed by atoms with Crippen molar-refractivity contribution in [1.29, 1.82) is 0 Å². The van der Waals surface area contributed by atoms with E-state index in [0.29, 0.717) is 13.1 Å². The third kappa shape index (κ3) is 2.29. The van der Waals surface area contributed by atoms with Crippen molar-refractivity contribution in [3.63, 3.8) is 0 Å². The molecule has 0 aliphatic heterocycles. The first kappa shape index (κ1) is 14.0. The van der Waals surface area contributed by atoms with Gasteiger partial charge in [-0.2, -0.15) is 0 Å². The maximum absolute atomic E-state index is 12.3. The number of hydrogen-bond donors (Lipinski definition) is 0. The molecule has 1 rings (SSSR count). The Morgan fingerprint density at radius 2 is 1.47 bits per heavy atom. The zero-order valence-electron chi connectivity index (χ0n) is 11.6. The van der Waals surface area contributed by atoms with Crippen LogP contribution in [-0.2, 0) is 13.1 Å². The number of rotatable bonds is 3. The average Bonchev–Trinajstić information content (AvgIpc) is 2.16. The minimum absolute atomic E-state index is 0.0844. The lowest BCUT2D eigenvalue weighted by atomic mass is 10.4. The minimum atomic E-state index is -1.73. The van der Waals surface area contributed by atoms with E-state index in [1.165, 1.54) is 4.57 Å². The normalized spacial score (nSPS) is 11.9. The van der Waals surface area contributed by atoms with E-state index in [1.54, 1.807) is 4.57 Å². The van der Waals surface area contributed by atoms with Crippen molar-refractivity contribution in [2.75, 3.05) is 0 Å². The summed E-state index contributed by atoms with van der Waals surface area (Å²) in [6.45, 7) is 13.1. The van der Waals surface area contributed by atoms with Gasteiger partial charge in [0.25, 0.3) is 5.56 Å². The van der Waals surface area contributed by atoms with E-state index in [0.717, 1.165) is 10.9 Å². The van der Waals surface area contributed by atoms with Crippen molar-refractivity contribution in [3.05, 3.63) is 26.5 Å². The van der Waals surface area contributed by atoms with Crippen LogP contribution in [0.25, 0.3) is 0 Å². The molecule has 0 unspecified atom stereocenters. The largest absolute Gasteiger partial charge is 0.331 e. The molecule has 0 spiro atoms. The SMILES string of the molecule is CCn1c(C)c([Si](C)(C)C)c(=O)n(CC)c1=O. The third-order valence-corrected chi connectivity index (χ3v) is 5.15. The number of hydrogen-bond acceptors (Lipinski definition) is 2. The van der Waals surface area contributed by atoms with Crippen molar-refractivity contribution in [1.82, 2.24) is 9.13 Å². The molecule has 0 aliphatic carbocycles. The van der Waals surface area contributed by atoms with Gasteiger partial charge < -0.3 is 0 Å². The Morgan fingerprint density at radius 3 is 1.82 bits per heavy atom. The second-order valence-electron chi connectivity index (χ2n) is 5.29.